The lowest BCUT2D eigenvalue weighted by Crippen LogP contribution is -2.42. The number of carbonyl (C=O) groups is 1. The number of hydrogen-bond acceptors (Lipinski definition) is 4. The molecular weight excluding hydrogens is 344 g/mol. The molecule has 1 aromatic rings. The molecule has 27 heavy (non-hydrogen) atoms. The van der Waals surface area contributed by atoms with Crippen LogP contribution in [0.1, 0.15) is 46.1 Å². The molecular formula is C20H34N4O3. The fourth-order valence-electron chi connectivity index (χ4n) is 2.15. The second-order valence-electron chi connectivity index (χ2n) is 7.13. The molecule has 3 N–H and O–H groups in total. The highest BCUT2D eigenvalue weighted by Crippen LogP contribution is 2.13. The maximum absolute atomic E-state index is 11.6. The molecule has 1 rings (SSSR count). The summed E-state index contributed by atoms with van der Waals surface area (Å²) in [5.74, 6) is 1.55. The SMILES string of the molecule is CCCCOc1cccc(CNC(=NC)NCCNC(=O)OC(C)(C)C)c1. The minimum atomic E-state index is -0.496. The van der Waals surface area contributed by atoms with Crippen LogP contribution in [0.5, 0.6) is 5.75 Å². The van der Waals surface area contributed by atoms with Crippen LogP contribution in [0.15, 0.2) is 29.3 Å². The smallest absolute Gasteiger partial charge is 0.407 e. The lowest BCUT2D eigenvalue weighted by Gasteiger charge is -2.20. The molecule has 0 radical (unpaired) electrons. The van der Waals surface area contributed by atoms with Crippen LogP contribution < -0.4 is 20.7 Å². The van der Waals surface area contributed by atoms with E-state index >= 15 is 0 Å². The second-order valence-corrected chi connectivity index (χ2v) is 7.13. The zero-order valence-electron chi connectivity index (χ0n) is 17.2. The predicted octanol–water partition coefficient (Wildman–Crippen LogP) is 3.06. The highest BCUT2D eigenvalue weighted by Gasteiger charge is 2.15. The summed E-state index contributed by atoms with van der Waals surface area (Å²) in [7, 11) is 1.71. The second kappa shape index (κ2) is 12.0. The number of benzene rings is 1. The van der Waals surface area contributed by atoms with E-state index in [-0.39, 0.29) is 0 Å². The first-order valence-corrected chi connectivity index (χ1v) is 9.47. The molecule has 0 spiro atoms. The van der Waals surface area contributed by atoms with Crippen molar-refractivity contribution in [2.24, 2.45) is 4.99 Å². The van der Waals surface area contributed by atoms with Crippen LogP contribution in [0.25, 0.3) is 0 Å². The van der Waals surface area contributed by atoms with Gasteiger partial charge in [0.2, 0.25) is 0 Å². The number of hydrogen-bond donors (Lipinski definition) is 3. The fraction of sp³-hybridized carbons (Fsp3) is 0.600. The lowest BCUT2D eigenvalue weighted by atomic mass is 10.2. The molecule has 0 aliphatic carbocycles. The molecule has 0 heterocycles. The summed E-state index contributed by atoms with van der Waals surface area (Å²) in [5.41, 5.74) is 0.614. The van der Waals surface area contributed by atoms with Crippen molar-refractivity contribution < 1.29 is 14.3 Å². The van der Waals surface area contributed by atoms with Gasteiger partial charge in [0.05, 0.1) is 6.61 Å². The average molecular weight is 379 g/mol. The van der Waals surface area contributed by atoms with Crippen molar-refractivity contribution in [3.8, 4) is 5.75 Å². The van der Waals surface area contributed by atoms with Gasteiger partial charge in [0.25, 0.3) is 0 Å². The number of carbonyl (C=O) groups excluding carboxylic acids is 1. The third-order valence-corrected chi connectivity index (χ3v) is 3.43. The molecule has 152 valence electrons. The molecule has 0 fully saturated rings. The van der Waals surface area contributed by atoms with Gasteiger partial charge in [-0.15, -0.1) is 0 Å². The Kier molecular flexibility index (Phi) is 10.1. The van der Waals surface area contributed by atoms with Gasteiger partial charge in [-0.2, -0.15) is 0 Å². The van der Waals surface area contributed by atoms with E-state index in [0.717, 1.165) is 30.8 Å². The van der Waals surface area contributed by atoms with Crippen LogP contribution in [0.2, 0.25) is 0 Å². The van der Waals surface area contributed by atoms with Crippen LogP contribution >= 0.6 is 0 Å². The molecule has 0 unspecified atom stereocenters. The first-order valence-electron chi connectivity index (χ1n) is 9.47. The molecule has 0 aromatic heterocycles. The number of nitrogens with zero attached hydrogens (tertiary/aromatic N) is 1. The summed E-state index contributed by atoms with van der Waals surface area (Å²) in [6.07, 6.45) is 1.75. The predicted molar refractivity (Wildman–Crippen MR) is 109 cm³/mol. The van der Waals surface area contributed by atoms with Gasteiger partial charge in [-0.1, -0.05) is 25.5 Å². The molecule has 0 aliphatic heterocycles. The summed E-state index contributed by atoms with van der Waals surface area (Å²) in [5, 5.41) is 9.10. The third kappa shape index (κ3) is 11.0. The Morgan fingerprint density at radius 1 is 1.15 bits per heavy atom. The molecule has 1 amide bonds. The Morgan fingerprint density at radius 2 is 1.89 bits per heavy atom. The van der Waals surface area contributed by atoms with E-state index in [1.165, 1.54) is 0 Å². The third-order valence-electron chi connectivity index (χ3n) is 3.43. The van der Waals surface area contributed by atoms with Gasteiger partial charge in [0.1, 0.15) is 11.4 Å². The van der Waals surface area contributed by atoms with Gasteiger partial charge in [-0.05, 0) is 44.9 Å². The van der Waals surface area contributed by atoms with Gasteiger partial charge >= 0.3 is 6.09 Å². The van der Waals surface area contributed by atoms with Crippen molar-refractivity contribution in [1.29, 1.82) is 0 Å². The van der Waals surface area contributed by atoms with E-state index < -0.39 is 11.7 Å². The van der Waals surface area contributed by atoms with Crippen molar-refractivity contribution in [2.45, 2.75) is 52.7 Å². The number of aliphatic imine (C=N–C) groups is 1. The zero-order valence-corrected chi connectivity index (χ0v) is 17.2. The van der Waals surface area contributed by atoms with E-state index in [0.29, 0.717) is 25.6 Å². The van der Waals surface area contributed by atoms with Crippen molar-refractivity contribution in [3.05, 3.63) is 29.8 Å². The monoisotopic (exact) mass is 378 g/mol. The molecule has 0 aliphatic rings. The summed E-state index contributed by atoms with van der Waals surface area (Å²) in [4.78, 5) is 15.8. The standard InChI is InChI=1S/C20H34N4O3/c1-6-7-13-26-17-10-8-9-16(14-17)15-24-18(21-5)22-11-12-23-19(25)27-20(2,3)4/h8-10,14H,6-7,11-13,15H2,1-5H3,(H,23,25)(H2,21,22,24). The Morgan fingerprint density at radius 3 is 2.56 bits per heavy atom. The summed E-state index contributed by atoms with van der Waals surface area (Å²) in [6, 6.07) is 8.02. The Bertz CT molecular complexity index is 597. The van der Waals surface area contributed by atoms with Crippen molar-refractivity contribution in [1.82, 2.24) is 16.0 Å². The molecule has 7 heteroatoms. The number of rotatable bonds is 9. The Balaban J connectivity index is 2.32. The lowest BCUT2D eigenvalue weighted by molar-refractivity contribution is 0.0529. The number of nitrogens with one attached hydrogen (secondary N) is 3. The quantitative estimate of drug-likeness (QED) is 0.349. The topological polar surface area (TPSA) is 84.0 Å². The number of alkyl carbamates (subject to hydrolysis) is 1. The van der Waals surface area contributed by atoms with Crippen LogP contribution in [0.4, 0.5) is 4.79 Å². The van der Waals surface area contributed by atoms with Crippen molar-refractivity contribution >= 4 is 12.1 Å². The maximum Gasteiger partial charge on any atom is 0.407 e. The van der Waals surface area contributed by atoms with E-state index in [1.807, 2.05) is 45.0 Å². The van der Waals surface area contributed by atoms with Gasteiger partial charge in [-0.25, -0.2) is 4.79 Å². The van der Waals surface area contributed by atoms with Gasteiger partial charge in [0, 0.05) is 26.7 Å². The first kappa shape index (κ1) is 22.6. The number of guanidine groups is 1. The molecule has 0 atom stereocenters. The van der Waals surface area contributed by atoms with Crippen LogP contribution in [-0.2, 0) is 11.3 Å². The number of amides is 1. The average Bonchev–Trinajstić information content (AvgIpc) is 2.60. The molecule has 7 nitrogen and oxygen atoms in total. The minimum absolute atomic E-state index is 0.424. The van der Waals surface area contributed by atoms with Crippen molar-refractivity contribution in [3.63, 3.8) is 0 Å². The number of ether oxygens (including phenoxy) is 2. The molecule has 0 bridgehead atoms. The highest BCUT2D eigenvalue weighted by atomic mass is 16.6. The Hall–Kier alpha value is -2.44. The van der Waals surface area contributed by atoms with E-state index in [1.54, 1.807) is 7.05 Å². The largest absolute Gasteiger partial charge is 0.494 e. The van der Waals surface area contributed by atoms with E-state index in [4.69, 9.17) is 9.47 Å². The normalized spacial score (nSPS) is 11.7. The fourth-order valence-corrected chi connectivity index (χ4v) is 2.15. The number of unbranched alkanes of at least 4 members (excludes halogenated alkanes) is 1. The molecule has 0 saturated heterocycles. The van der Waals surface area contributed by atoms with Gasteiger partial charge in [0.15, 0.2) is 5.96 Å². The van der Waals surface area contributed by atoms with E-state index in [2.05, 4.69) is 27.9 Å². The van der Waals surface area contributed by atoms with Gasteiger partial charge < -0.3 is 25.4 Å². The van der Waals surface area contributed by atoms with Crippen molar-refractivity contribution in [2.75, 3.05) is 26.7 Å². The zero-order chi connectivity index (χ0) is 20.1. The first-order chi connectivity index (χ1) is 12.8. The summed E-state index contributed by atoms with van der Waals surface area (Å²) < 4.78 is 10.9. The highest BCUT2D eigenvalue weighted by molar-refractivity contribution is 5.79. The summed E-state index contributed by atoms with van der Waals surface area (Å²) in [6.45, 7) is 9.99. The minimum Gasteiger partial charge on any atom is -0.494 e. The van der Waals surface area contributed by atoms with Crippen LogP contribution in [0.3, 0.4) is 0 Å². The summed E-state index contributed by atoms with van der Waals surface area (Å²) >= 11 is 0. The van der Waals surface area contributed by atoms with Crippen LogP contribution in [0, 0.1) is 0 Å². The van der Waals surface area contributed by atoms with E-state index in [9.17, 15) is 4.79 Å². The van der Waals surface area contributed by atoms with Gasteiger partial charge in [-0.3, -0.25) is 4.99 Å². The molecule has 1 aromatic carbocycles. The van der Waals surface area contributed by atoms with Crippen LogP contribution in [-0.4, -0.2) is 44.4 Å². The Labute approximate surface area is 162 Å². The molecule has 0 saturated carbocycles. The maximum atomic E-state index is 11.6.